The van der Waals surface area contributed by atoms with Gasteiger partial charge in [0.05, 0.1) is 21.4 Å². The predicted octanol–water partition coefficient (Wildman–Crippen LogP) is 8.22. The van der Waals surface area contributed by atoms with E-state index in [0.717, 1.165) is 23.5 Å². The number of hydrogen-bond donors (Lipinski definition) is 1. The van der Waals surface area contributed by atoms with E-state index in [9.17, 15) is 4.79 Å². The summed E-state index contributed by atoms with van der Waals surface area (Å²) in [6, 6.07) is 14.2. The quantitative estimate of drug-likeness (QED) is 0.117. The van der Waals surface area contributed by atoms with Gasteiger partial charge in [0.1, 0.15) is 12.2 Å². The van der Waals surface area contributed by atoms with Gasteiger partial charge in [-0.1, -0.05) is 45.2 Å². The van der Waals surface area contributed by atoms with Crippen molar-refractivity contribution in [1.29, 1.82) is 0 Å². The number of furan rings is 1. The maximum Gasteiger partial charge on any atom is 0.307 e. The highest BCUT2D eigenvalue weighted by Gasteiger charge is 2.15. The van der Waals surface area contributed by atoms with Crippen molar-refractivity contribution >= 4 is 101 Å². The van der Waals surface area contributed by atoms with Crippen LogP contribution in [0.4, 0.5) is 0 Å². The molecular formula is C24H15Br2Cl2IN2O4. The molecule has 1 heterocycles. The summed E-state index contributed by atoms with van der Waals surface area (Å²) >= 11 is 21.2. The smallest absolute Gasteiger partial charge is 0.307 e. The highest BCUT2D eigenvalue weighted by molar-refractivity contribution is 14.1. The van der Waals surface area contributed by atoms with Crippen molar-refractivity contribution < 1.29 is 18.7 Å². The first-order valence-electron chi connectivity index (χ1n) is 9.91. The fraction of sp³-hybridized carbons (Fsp3) is 0.0833. The van der Waals surface area contributed by atoms with Gasteiger partial charge in [0.15, 0.2) is 17.3 Å². The third kappa shape index (κ3) is 6.32. The number of halogens is 5. The molecule has 0 unspecified atom stereocenters. The number of hydrogen-bond acceptors (Lipinski definition) is 5. The number of nitrogens with zero attached hydrogens (tertiary/aromatic N) is 1. The van der Waals surface area contributed by atoms with Crippen LogP contribution in [0.25, 0.3) is 11.0 Å². The molecular weight excluding hydrogens is 738 g/mol. The average Bonchev–Trinajstić information content (AvgIpc) is 3.23. The van der Waals surface area contributed by atoms with Gasteiger partial charge < -0.3 is 13.9 Å². The van der Waals surface area contributed by atoms with Gasteiger partial charge in [-0.2, -0.15) is 5.10 Å². The molecule has 11 heteroatoms. The summed E-state index contributed by atoms with van der Waals surface area (Å²) in [7, 11) is 1.55. The van der Waals surface area contributed by atoms with Crippen LogP contribution in [0.2, 0.25) is 10.0 Å². The van der Waals surface area contributed by atoms with E-state index in [-0.39, 0.29) is 12.4 Å². The second-order valence-electron chi connectivity index (χ2n) is 7.17. The third-order valence-electron chi connectivity index (χ3n) is 4.78. The maximum absolute atomic E-state index is 12.5. The molecule has 0 saturated heterocycles. The van der Waals surface area contributed by atoms with E-state index in [1.54, 1.807) is 31.4 Å². The second-order valence-corrected chi connectivity index (χ2v) is 11.0. The third-order valence-corrected chi connectivity index (χ3v) is 7.21. The summed E-state index contributed by atoms with van der Waals surface area (Å²) in [4.78, 5) is 12.5. The van der Waals surface area contributed by atoms with Gasteiger partial charge in [0.25, 0.3) is 0 Å². The second kappa shape index (κ2) is 11.5. The van der Waals surface area contributed by atoms with E-state index in [1.807, 2.05) is 24.3 Å². The van der Waals surface area contributed by atoms with Crippen LogP contribution >= 0.6 is 77.7 Å². The van der Waals surface area contributed by atoms with Crippen LogP contribution in [0.1, 0.15) is 21.7 Å². The molecule has 0 saturated carbocycles. The Morgan fingerprint density at radius 1 is 1.17 bits per heavy atom. The molecule has 4 aromatic rings. The summed E-state index contributed by atoms with van der Waals surface area (Å²) in [6.07, 6.45) is 1.51. The largest absolute Gasteiger partial charge is 0.493 e. The van der Waals surface area contributed by atoms with Crippen LogP contribution in [0, 0.1) is 3.57 Å². The summed E-state index contributed by atoms with van der Waals surface area (Å²) in [5.41, 5.74) is 4.57. The highest BCUT2D eigenvalue weighted by Crippen LogP contribution is 2.35. The minimum atomic E-state index is -0.470. The fourth-order valence-electron chi connectivity index (χ4n) is 3.15. The van der Waals surface area contributed by atoms with Crippen LogP contribution in [0.5, 0.6) is 11.5 Å². The van der Waals surface area contributed by atoms with Gasteiger partial charge in [-0.3, -0.25) is 4.79 Å². The maximum atomic E-state index is 12.5. The van der Waals surface area contributed by atoms with E-state index < -0.39 is 5.91 Å². The first-order valence-corrected chi connectivity index (χ1v) is 13.3. The normalized spacial score (nSPS) is 11.3. The Labute approximate surface area is 241 Å². The van der Waals surface area contributed by atoms with E-state index >= 15 is 0 Å². The number of benzene rings is 3. The average molecular weight is 753 g/mol. The van der Waals surface area contributed by atoms with Gasteiger partial charge in [-0.25, -0.2) is 5.43 Å². The van der Waals surface area contributed by atoms with Crippen LogP contribution in [0.3, 0.4) is 0 Å². The van der Waals surface area contributed by atoms with Gasteiger partial charge in [-0.15, -0.1) is 0 Å². The summed E-state index contributed by atoms with van der Waals surface area (Å²) in [5.74, 6) is 0.761. The van der Waals surface area contributed by atoms with Crippen molar-refractivity contribution in [2.45, 2.75) is 6.61 Å². The molecule has 0 aliphatic heterocycles. The number of carbonyl (C=O) groups excluding carboxylic acids is 1. The SMILES string of the molecule is COc1cc(/C=N\NC(=O)c2cc3cc(Br)cc(Br)c3o2)cc(I)c1OCc1ccc(Cl)cc1Cl. The number of methoxy groups -OCH3 is 1. The summed E-state index contributed by atoms with van der Waals surface area (Å²) in [6.45, 7) is 0.246. The molecule has 0 aliphatic carbocycles. The van der Waals surface area contributed by atoms with Crippen molar-refractivity contribution in [1.82, 2.24) is 5.43 Å². The first kappa shape index (κ1) is 26.3. The number of nitrogens with one attached hydrogen (secondary N) is 1. The Bertz CT molecular complexity index is 1460. The zero-order chi connectivity index (χ0) is 25.1. The molecule has 0 atom stereocenters. The molecule has 0 radical (unpaired) electrons. The Balaban J connectivity index is 1.46. The molecule has 0 bridgehead atoms. The zero-order valence-corrected chi connectivity index (χ0v) is 24.7. The lowest BCUT2D eigenvalue weighted by atomic mass is 10.2. The van der Waals surface area contributed by atoms with E-state index in [2.05, 4.69) is 65.0 Å². The van der Waals surface area contributed by atoms with E-state index in [1.165, 1.54) is 6.21 Å². The van der Waals surface area contributed by atoms with Crippen LogP contribution in [-0.4, -0.2) is 19.2 Å². The molecule has 35 heavy (non-hydrogen) atoms. The summed E-state index contributed by atoms with van der Waals surface area (Å²) < 4.78 is 19.5. The number of carbonyl (C=O) groups is 1. The van der Waals surface area contributed by atoms with E-state index in [0.29, 0.717) is 32.7 Å². The molecule has 0 spiro atoms. The van der Waals surface area contributed by atoms with Crippen molar-refractivity contribution in [2.75, 3.05) is 7.11 Å². The Morgan fingerprint density at radius 3 is 2.71 bits per heavy atom. The van der Waals surface area contributed by atoms with Crippen LogP contribution in [-0.2, 0) is 6.61 Å². The lowest BCUT2D eigenvalue weighted by Crippen LogP contribution is -2.16. The minimum absolute atomic E-state index is 0.146. The highest BCUT2D eigenvalue weighted by atomic mass is 127. The number of amides is 1. The molecule has 4 rings (SSSR count). The predicted molar refractivity (Wildman–Crippen MR) is 153 cm³/mol. The Hall–Kier alpha value is -1.79. The summed E-state index contributed by atoms with van der Waals surface area (Å²) in [5, 5.41) is 5.92. The molecule has 1 N–H and O–H groups in total. The molecule has 6 nitrogen and oxygen atoms in total. The van der Waals surface area contributed by atoms with Crippen molar-refractivity contribution in [3.8, 4) is 11.5 Å². The number of fused-ring (bicyclic) bond motifs is 1. The zero-order valence-electron chi connectivity index (χ0n) is 17.9. The van der Waals surface area contributed by atoms with Gasteiger partial charge in [0, 0.05) is 25.5 Å². The van der Waals surface area contributed by atoms with Crippen LogP contribution in [0.15, 0.2) is 67.0 Å². The first-order chi connectivity index (χ1) is 16.7. The van der Waals surface area contributed by atoms with Gasteiger partial charge in [0.2, 0.25) is 0 Å². The van der Waals surface area contributed by atoms with Gasteiger partial charge >= 0.3 is 5.91 Å². The Morgan fingerprint density at radius 2 is 1.97 bits per heavy atom. The molecule has 0 aliphatic rings. The molecule has 180 valence electrons. The van der Waals surface area contributed by atoms with E-state index in [4.69, 9.17) is 37.1 Å². The minimum Gasteiger partial charge on any atom is -0.493 e. The number of rotatable bonds is 7. The molecule has 1 amide bonds. The lowest BCUT2D eigenvalue weighted by molar-refractivity contribution is 0.0929. The number of hydrazone groups is 1. The number of ether oxygens (including phenoxy) is 2. The van der Waals surface area contributed by atoms with Crippen molar-refractivity contribution in [2.24, 2.45) is 5.10 Å². The van der Waals surface area contributed by atoms with Crippen LogP contribution < -0.4 is 14.9 Å². The van der Waals surface area contributed by atoms with Crippen molar-refractivity contribution in [3.05, 3.63) is 88.0 Å². The molecule has 0 fully saturated rings. The molecule has 1 aromatic heterocycles. The monoisotopic (exact) mass is 750 g/mol. The van der Waals surface area contributed by atoms with Crippen molar-refractivity contribution in [3.63, 3.8) is 0 Å². The molecule has 3 aromatic carbocycles. The standard InChI is InChI=1S/C24H15Br2Cl2IN2O4/c1-33-20-5-12(4-19(29)23(20)34-11-13-2-3-16(27)9-18(13)28)10-30-31-24(32)21-7-14-6-15(25)8-17(26)22(14)35-21/h2-10H,11H2,1H3,(H,31,32)/b30-10-. The Kier molecular flexibility index (Phi) is 8.64. The fourth-order valence-corrected chi connectivity index (χ4v) is 5.73. The lowest BCUT2D eigenvalue weighted by Gasteiger charge is -2.14. The topological polar surface area (TPSA) is 73.1 Å². The van der Waals surface area contributed by atoms with Gasteiger partial charge in [-0.05, 0) is 86.5 Å².